The molecule has 2 unspecified atom stereocenters. The first-order valence-electron chi connectivity index (χ1n) is 11.3. The third-order valence-electron chi connectivity index (χ3n) is 6.09. The molecule has 1 aromatic carbocycles. The van der Waals surface area contributed by atoms with E-state index in [1.807, 2.05) is 38.1 Å². The Bertz CT molecular complexity index is 1560. The first-order chi connectivity index (χ1) is 16.6. The third-order valence-corrected chi connectivity index (χ3v) is 10.2. The fraction of sp³-hybridized carbons (Fsp3) is 0.391. The topological polar surface area (TPSA) is 114 Å². The number of aromatic nitrogens is 3. The number of thiophene rings is 1. The molecule has 1 aliphatic rings. The van der Waals surface area contributed by atoms with Gasteiger partial charge in [0, 0.05) is 18.0 Å². The molecule has 2 atom stereocenters. The summed E-state index contributed by atoms with van der Waals surface area (Å²) in [5.74, 6) is 0.0294. The van der Waals surface area contributed by atoms with Gasteiger partial charge in [-0.15, -0.1) is 11.3 Å². The van der Waals surface area contributed by atoms with Gasteiger partial charge in [0.15, 0.2) is 5.13 Å². The van der Waals surface area contributed by atoms with Crippen molar-refractivity contribution in [1.82, 2.24) is 18.8 Å². The SMILES string of the molecule is Cc1sc2ncn(CC(=O)Nc3nc4ccccc4s3)c(=O)c2c1S(=O)(=O)N1CC(C)CC(C)C1. The third kappa shape index (κ3) is 4.51. The second kappa shape index (κ2) is 9.08. The van der Waals surface area contributed by atoms with E-state index in [1.165, 1.54) is 33.3 Å². The zero-order valence-corrected chi connectivity index (χ0v) is 22.0. The first-order valence-corrected chi connectivity index (χ1v) is 14.3. The lowest BCUT2D eigenvalue weighted by molar-refractivity contribution is -0.116. The van der Waals surface area contributed by atoms with Crippen molar-refractivity contribution in [3.63, 3.8) is 0 Å². The van der Waals surface area contributed by atoms with Gasteiger partial charge in [0.05, 0.1) is 21.9 Å². The molecule has 1 N–H and O–H groups in total. The summed E-state index contributed by atoms with van der Waals surface area (Å²) in [6, 6.07) is 7.53. The number of amides is 1. The Balaban J connectivity index is 1.47. The van der Waals surface area contributed by atoms with Crippen LogP contribution in [0.3, 0.4) is 0 Å². The quantitative estimate of drug-likeness (QED) is 0.420. The Kier molecular flexibility index (Phi) is 6.24. The minimum Gasteiger partial charge on any atom is -0.300 e. The molecular formula is C23H25N5O4S3. The molecule has 0 spiro atoms. The predicted octanol–water partition coefficient (Wildman–Crippen LogP) is 3.68. The van der Waals surface area contributed by atoms with Crippen LogP contribution in [0.15, 0.2) is 40.3 Å². The maximum Gasteiger partial charge on any atom is 0.263 e. The van der Waals surface area contributed by atoms with Gasteiger partial charge in [-0.05, 0) is 37.3 Å². The lowest BCUT2D eigenvalue weighted by atomic mass is 9.94. The molecule has 1 aliphatic heterocycles. The molecule has 0 aliphatic carbocycles. The standard InChI is InChI=1S/C23H25N5O4S3/c1-13-8-14(2)10-28(9-13)35(31,32)20-15(3)33-21-19(20)22(30)27(12-24-21)11-18(29)26-23-25-16-6-4-5-7-17(16)34-23/h4-7,12-14H,8-11H2,1-3H3,(H,25,26,29). The molecule has 9 nitrogen and oxygen atoms in total. The second-order valence-electron chi connectivity index (χ2n) is 9.15. The summed E-state index contributed by atoms with van der Waals surface area (Å²) in [4.78, 5) is 35.7. The lowest BCUT2D eigenvalue weighted by Crippen LogP contribution is -2.42. The largest absolute Gasteiger partial charge is 0.300 e. The molecule has 4 heterocycles. The van der Waals surface area contributed by atoms with Crippen LogP contribution in [0.2, 0.25) is 0 Å². The molecule has 0 radical (unpaired) electrons. The van der Waals surface area contributed by atoms with Crippen molar-refractivity contribution < 1.29 is 13.2 Å². The number of nitrogens with one attached hydrogen (secondary N) is 1. The summed E-state index contributed by atoms with van der Waals surface area (Å²) in [6.45, 7) is 6.30. The Morgan fingerprint density at radius 2 is 1.89 bits per heavy atom. The maximum absolute atomic E-state index is 13.7. The molecule has 1 amide bonds. The van der Waals surface area contributed by atoms with Crippen LogP contribution in [-0.4, -0.2) is 46.3 Å². The summed E-state index contributed by atoms with van der Waals surface area (Å²) < 4.78 is 30.9. The summed E-state index contributed by atoms with van der Waals surface area (Å²) in [7, 11) is -3.89. The van der Waals surface area contributed by atoms with Gasteiger partial charge in [0.2, 0.25) is 15.9 Å². The van der Waals surface area contributed by atoms with Gasteiger partial charge in [-0.1, -0.05) is 37.3 Å². The minimum atomic E-state index is -3.89. The predicted molar refractivity (Wildman–Crippen MR) is 139 cm³/mol. The molecule has 5 rings (SSSR count). The van der Waals surface area contributed by atoms with Crippen molar-refractivity contribution in [1.29, 1.82) is 0 Å². The summed E-state index contributed by atoms with van der Waals surface area (Å²) in [6.07, 6.45) is 2.26. The highest BCUT2D eigenvalue weighted by Gasteiger charge is 2.35. The number of fused-ring (bicyclic) bond motifs is 2. The number of hydrogen-bond donors (Lipinski definition) is 1. The average Bonchev–Trinajstić information content (AvgIpc) is 3.35. The number of para-hydroxylation sites is 1. The normalized spacial score (nSPS) is 19.4. The Labute approximate surface area is 210 Å². The molecule has 3 aromatic heterocycles. The van der Waals surface area contributed by atoms with E-state index in [2.05, 4.69) is 15.3 Å². The highest BCUT2D eigenvalue weighted by atomic mass is 32.2. The summed E-state index contributed by atoms with van der Waals surface area (Å²) >= 11 is 2.52. The van der Waals surface area contributed by atoms with Gasteiger partial charge < -0.3 is 5.32 Å². The number of hydrogen-bond acceptors (Lipinski definition) is 8. The van der Waals surface area contributed by atoms with Crippen molar-refractivity contribution in [2.75, 3.05) is 18.4 Å². The van der Waals surface area contributed by atoms with E-state index in [9.17, 15) is 18.0 Å². The maximum atomic E-state index is 13.7. The van der Waals surface area contributed by atoms with Crippen LogP contribution >= 0.6 is 22.7 Å². The minimum absolute atomic E-state index is 0.0113. The number of benzene rings is 1. The van der Waals surface area contributed by atoms with Crippen molar-refractivity contribution in [2.45, 2.75) is 38.6 Å². The van der Waals surface area contributed by atoms with Gasteiger partial charge in [-0.3, -0.25) is 14.2 Å². The van der Waals surface area contributed by atoms with Crippen molar-refractivity contribution >= 4 is 64.2 Å². The molecule has 184 valence electrons. The van der Waals surface area contributed by atoms with Crippen LogP contribution in [-0.2, 0) is 21.4 Å². The van der Waals surface area contributed by atoms with E-state index in [-0.39, 0.29) is 28.7 Å². The molecule has 0 bridgehead atoms. The summed E-state index contributed by atoms with van der Waals surface area (Å²) in [5, 5.41) is 3.21. The smallest absolute Gasteiger partial charge is 0.263 e. The lowest BCUT2D eigenvalue weighted by Gasteiger charge is -2.34. The fourth-order valence-corrected chi connectivity index (χ4v) is 8.94. The number of aryl methyl sites for hydroxylation is 1. The molecule has 0 saturated carbocycles. The number of anilines is 1. The van der Waals surface area contributed by atoms with Gasteiger partial charge in [0.1, 0.15) is 16.3 Å². The zero-order chi connectivity index (χ0) is 24.9. The number of piperidine rings is 1. The van der Waals surface area contributed by atoms with Gasteiger partial charge in [-0.2, -0.15) is 4.31 Å². The molecule has 12 heteroatoms. The van der Waals surface area contributed by atoms with E-state index in [1.54, 1.807) is 6.92 Å². The zero-order valence-electron chi connectivity index (χ0n) is 19.5. The molecule has 35 heavy (non-hydrogen) atoms. The van der Waals surface area contributed by atoms with E-state index in [0.717, 1.165) is 21.2 Å². The number of rotatable bonds is 5. The number of carbonyl (C=O) groups is 1. The fourth-order valence-electron chi connectivity index (χ4n) is 4.71. The van der Waals surface area contributed by atoms with Crippen LogP contribution in [0.4, 0.5) is 5.13 Å². The van der Waals surface area contributed by atoms with E-state index >= 15 is 0 Å². The van der Waals surface area contributed by atoms with Crippen LogP contribution in [0, 0.1) is 18.8 Å². The number of thiazole rings is 1. The number of sulfonamides is 1. The second-order valence-corrected chi connectivity index (χ2v) is 13.3. The van der Waals surface area contributed by atoms with Gasteiger partial charge in [0.25, 0.3) is 5.56 Å². The Hall–Kier alpha value is -2.67. The van der Waals surface area contributed by atoms with Crippen molar-refractivity contribution in [2.24, 2.45) is 11.8 Å². The molecule has 1 saturated heterocycles. The van der Waals surface area contributed by atoms with Gasteiger partial charge >= 0.3 is 0 Å². The van der Waals surface area contributed by atoms with E-state index < -0.39 is 21.5 Å². The summed E-state index contributed by atoms with van der Waals surface area (Å²) in [5.41, 5.74) is 0.230. The average molecular weight is 532 g/mol. The highest BCUT2D eigenvalue weighted by Crippen LogP contribution is 2.35. The molecule has 4 aromatic rings. The number of nitrogens with zero attached hydrogens (tertiary/aromatic N) is 4. The van der Waals surface area contributed by atoms with Crippen molar-refractivity contribution in [3.8, 4) is 0 Å². The van der Waals surface area contributed by atoms with Crippen LogP contribution in [0.5, 0.6) is 0 Å². The van der Waals surface area contributed by atoms with E-state index in [0.29, 0.717) is 27.9 Å². The highest BCUT2D eigenvalue weighted by molar-refractivity contribution is 7.89. The molecule has 1 fully saturated rings. The number of carbonyl (C=O) groups excluding carboxylic acids is 1. The van der Waals surface area contributed by atoms with Crippen LogP contribution < -0.4 is 10.9 Å². The Morgan fingerprint density at radius 1 is 1.17 bits per heavy atom. The van der Waals surface area contributed by atoms with Crippen LogP contribution in [0.25, 0.3) is 20.4 Å². The monoisotopic (exact) mass is 531 g/mol. The van der Waals surface area contributed by atoms with Crippen LogP contribution in [0.1, 0.15) is 25.1 Å². The molecular weight excluding hydrogens is 506 g/mol. The van der Waals surface area contributed by atoms with Gasteiger partial charge in [-0.25, -0.2) is 18.4 Å². The van der Waals surface area contributed by atoms with E-state index in [4.69, 9.17) is 0 Å². The van der Waals surface area contributed by atoms with Crippen molar-refractivity contribution in [3.05, 3.63) is 45.8 Å². The Morgan fingerprint density at radius 3 is 2.60 bits per heavy atom. The first kappa shape index (κ1) is 24.0.